The normalized spacial score (nSPS) is 11.7. The third-order valence-corrected chi connectivity index (χ3v) is 4.82. The Balaban J connectivity index is 2.12. The van der Waals surface area contributed by atoms with Gasteiger partial charge in [-0.1, -0.05) is 24.1 Å². The molecule has 144 valence electrons. The predicted molar refractivity (Wildman–Crippen MR) is 95.8 cm³/mol. The lowest BCUT2D eigenvalue weighted by Crippen LogP contribution is -2.07. The third-order valence-electron chi connectivity index (χ3n) is 3.71. The molecule has 3 rings (SSSR count). The van der Waals surface area contributed by atoms with Crippen LogP contribution in [0, 0.1) is 11.8 Å². The summed E-state index contributed by atoms with van der Waals surface area (Å²) >= 11 is 0. The maximum absolute atomic E-state index is 13.1. The summed E-state index contributed by atoms with van der Waals surface area (Å²) in [5, 5.41) is 13.5. The Morgan fingerprint density at radius 3 is 2.39 bits per heavy atom. The van der Waals surface area contributed by atoms with E-state index in [1.54, 1.807) is 0 Å². The quantitative estimate of drug-likeness (QED) is 0.662. The molecule has 0 aliphatic carbocycles. The second kappa shape index (κ2) is 7.05. The zero-order chi connectivity index (χ0) is 20.5. The molecular formula is C19H13F3N2O3S. The van der Waals surface area contributed by atoms with Gasteiger partial charge in [0.15, 0.2) is 15.5 Å². The molecule has 28 heavy (non-hydrogen) atoms. The first-order valence-electron chi connectivity index (χ1n) is 7.83. The first kappa shape index (κ1) is 19.5. The number of benzene rings is 2. The van der Waals surface area contributed by atoms with Gasteiger partial charge < -0.3 is 5.11 Å². The van der Waals surface area contributed by atoms with Crippen molar-refractivity contribution in [3.05, 3.63) is 71.5 Å². The molecule has 1 heterocycles. The Hall–Kier alpha value is -3.25. The van der Waals surface area contributed by atoms with E-state index in [0.29, 0.717) is 5.56 Å². The molecule has 0 atom stereocenters. The van der Waals surface area contributed by atoms with Gasteiger partial charge in [0.25, 0.3) is 0 Å². The first-order valence-corrected chi connectivity index (χ1v) is 9.72. The molecule has 0 bridgehead atoms. The Morgan fingerprint density at radius 2 is 1.75 bits per heavy atom. The van der Waals surface area contributed by atoms with E-state index in [9.17, 15) is 26.7 Å². The molecule has 0 unspecified atom stereocenters. The number of phenols is 1. The molecule has 0 amide bonds. The van der Waals surface area contributed by atoms with Gasteiger partial charge in [0.1, 0.15) is 17.1 Å². The van der Waals surface area contributed by atoms with Crippen molar-refractivity contribution in [2.45, 2.75) is 11.1 Å². The molecule has 0 radical (unpaired) electrons. The van der Waals surface area contributed by atoms with Crippen molar-refractivity contribution in [2.24, 2.45) is 0 Å². The Bertz CT molecular complexity index is 1200. The second-order valence-electron chi connectivity index (χ2n) is 5.86. The van der Waals surface area contributed by atoms with Crippen LogP contribution in [0.4, 0.5) is 13.2 Å². The third kappa shape index (κ3) is 4.18. The van der Waals surface area contributed by atoms with E-state index in [2.05, 4.69) is 16.9 Å². The molecular weight excluding hydrogens is 393 g/mol. The average molecular weight is 406 g/mol. The predicted octanol–water partition coefficient (Wildman–Crippen LogP) is 3.40. The van der Waals surface area contributed by atoms with E-state index in [-0.39, 0.29) is 22.0 Å². The fourth-order valence-electron chi connectivity index (χ4n) is 2.38. The summed E-state index contributed by atoms with van der Waals surface area (Å²) in [7, 11) is -3.45. The lowest BCUT2D eigenvalue weighted by atomic mass is 10.2. The highest BCUT2D eigenvalue weighted by molar-refractivity contribution is 7.90. The summed E-state index contributed by atoms with van der Waals surface area (Å²) < 4.78 is 63.4. The van der Waals surface area contributed by atoms with Crippen LogP contribution in [0.3, 0.4) is 0 Å². The molecule has 2 aromatic carbocycles. The van der Waals surface area contributed by atoms with Crippen LogP contribution >= 0.6 is 0 Å². The SMILES string of the molecule is CS(=O)(=O)c1cccc(C#Cc2cc(C(F)(F)F)nn2-c2ccccc2O)c1. The second-order valence-corrected chi connectivity index (χ2v) is 7.88. The van der Waals surface area contributed by atoms with Crippen molar-refractivity contribution < 1.29 is 26.7 Å². The van der Waals surface area contributed by atoms with Crippen LogP contribution < -0.4 is 0 Å². The molecule has 0 saturated carbocycles. The Morgan fingerprint density at radius 1 is 1.04 bits per heavy atom. The van der Waals surface area contributed by atoms with E-state index in [4.69, 9.17) is 0 Å². The molecule has 0 aliphatic heterocycles. The van der Waals surface area contributed by atoms with Crippen molar-refractivity contribution in [3.8, 4) is 23.3 Å². The number of halogens is 3. The molecule has 0 saturated heterocycles. The van der Waals surface area contributed by atoms with Gasteiger partial charge in [0.2, 0.25) is 0 Å². The van der Waals surface area contributed by atoms with Gasteiger partial charge in [-0.3, -0.25) is 0 Å². The molecule has 9 heteroatoms. The fourth-order valence-corrected chi connectivity index (χ4v) is 3.04. The number of nitrogens with zero attached hydrogens (tertiary/aromatic N) is 2. The van der Waals surface area contributed by atoms with E-state index in [1.807, 2.05) is 0 Å². The molecule has 0 fully saturated rings. The maximum atomic E-state index is 13.1. The van der Waals surface area contributed by atoms with Crippen LogP contribution in [0.15, 0.2) is 59.5 Å². The molecule has 5 nitrogen and oxygen atoms in total. The number of alkyl halides is 3. The largest absolute Gasteiger partial charge is 0.506 e. The summed E-state index contributed by atoms with van der Waals surface area (Å²) in [4.78, 5) is 0.0458. The van der Waals surface area contributed by atoms with Crippen molar-refractivity contribution in [2.75, 3.05) is 6.26 Å². The number of hydrogen-bond donors (Lipinski definition) is 1. The number of aromatic nitrogens is 2. The average Bonchev–Trinajstić information content (AvgIpc) is 3.04. The zero-order valence-corrected chi connectivity index (χ0v) is 15.2. The van der Waals surface area contributed by atoms with E-state index in [1.165, 1.54) is 48.5 Å². The smallest absolute Gasteiger partial charge is 0.435 e. The van der Waals surface area contributed by atoms with E-state index >= 15 is 0 Å². The van der Waals surface area contributed by atoms with Gasteiger partial charge >= 0.3 is 6.18 Å². The fraction of sp³-hybridized carbons (Fsp3) is 0.105. The molecule has 3 aromatic rings. The number of hydrogen-bond acceptors (Lipinski definition) is 4. The standard InChI is InChI=1S/C19H13F3N2O3S/c1-28(26,27)15-6-4-5-13(11-15)9-10-14-12-18(19(20,21)22)23-24(14)16-7-2-3-8-17(16)25/h2-8,11-12,25H,1H3. The van der Waals surface area contributed by atoms with Gasteiger partial charge in [-0.25, -0.2) is 13.1 Å². The summed E-state index contributed by atoms with van der Waals surface area (Å²) in [6.45, 7) is 0. The summed E-state index contributed by atoms with van der Waals surface area (Å²) in [6.07, 6.45) is -3.65. The van der Waals surface area contributed by atoms with Gasteiger partial charge in [-0.2, -0.15) is 18.3 Å². The number of sulfone groups is 1. The van der Waals surface area contributed by atoms with Crippen molar-refractivity contribution in [3.63, 3.8) is 0 Å². The van der Waals surface area contributed by atoms with Crippen LogP contribution in [-0.4, -0.2) is 29.6 Å². The number of para-hydroxylation sites is 2. The Kier molecular flexibility index (Phi) is 4.91. The Labute approximate surface area is 159 Å². The van der Waals surface area contributed by atoms with E-state index in [0.717, 1.165) is 17.0 Å². The van der Waals surface area contributed by atoms with Crippen molar-refractivity contribution in [1.82, 2.24) is 9.78 Å². The number of phenolic OH excluding ortho intramolecular Hbond substituents is 1. The summed E-state index contributed by atoms with van der Waals surface area (Å²) in [6, 6.07) is 12.3. The van der Waals surface area contributed by atoms with Crippen LogP contribution in [0.25, 0.3) is 5.69 Å². The molecule has 0 aliphatic rings. The maximum Gasteiger partial charge on any atom is 0.435 e. The zero-order valence-electron chi connectivity index (χ0n) is 14.4. The minimum absolute atomic E-state index is 0.0344. The van der Waals surface area contributed by atoms with Crippen LogP contribution in [0.5, 0.6) is 5.75 Å². The lowest BCUT2D eigenvalue weighted by molar-refractivity contribution is -0.141. The van der Waals surface area contributed by atoms with Gasteiger partial charge in [-0.15, -0.1) is 0 Å². The molecule has 1 aromatic heterocycles. The summed E-state index contributed by atoms with van der Waals surface area (Å²) in [5.41, 5.74) is -0.933. The highest BCUT2D eigenvalue weighted by Crippen LogP contribution is 2.31. The lowest BCUT2D eigenvalue weighted by Gasteiger charge is -2.06. The molecule has 1 N–H and O–H groups in total. The van der Waals surface area contributed by atoms with Crippen LogP contribution in [0.1, 0.15) is 17.0 Å². The van der Waals surface area contributed by atoms with Crippen LogP contribution in [-0.2, 0) is 16.0 Å². The minimum Gasteiger partial charge on any atom is -0.506 e. The van der Waals surface area contributed by atoms with Gasteiger partial charge in [-0.05, 0) is 36.3 Å². The highest BCUT2D eigenvalue weighted by atomic mass is 32.2. The topological polar surface area (TPSA) is 72.2 Å². The number of aromatic hydroxyl groups is 1. The summed E-state index contributed by atoms with van der Waals surface area (Å²) in [5.74, 6) is 4.95. The van der Waals surface area contributed by atoms with E-state index < -0.39 is 21.7 Å². The van der Waals surface area contributed by atoms with Crippen molar-refractivity contribution >= 4 is 9.84 Å². The van der Waals surface area contributed by atoms with Gasteiger partial charge in [0.05, 0.1) is 4.90 Å². The van der Waals surface area contributed by atoms with Gasteiger partial charge in [0, 0.05) is 17.9 Å². The highest BCUT2D eigenvalue weighted by Gasteiger charge is 2.35. The molecule has 0 spiro atoms. The first-order chi connectivity index (χ1) is 13.1. The monoisotopic (exact) mass is 406 g/mol. The van der Waals surface area contributed by atoms with Crippen LogP contribution in [0.2, 0.25) is 0 Å². The minimum atomic E-state index is -4.69. The van der Waals surface area contributed by atoms with Crippen molar-refractivity contribution in [1.29, 1.82) is 0 Å². The number of rotatable bonds is 2.